The van der Waals surface area contributed by atoms with Crippen molar-refractivity contribution in [3.8, 4) is 0 Å². The van der Waals surface area contributed by atoms with E-state index in [9.17, 15) is 9.18 Å². The molecule has 126 valence electrons. The molecule has 8 heteroatoms. The molecule has 0 saturated heterocycles. The highest BCUT2D eigenvalue weighted by Gasteiger charge is 2.29. The van der Waals surface area contributed by atoms with E-state index in [-0.39, 0.29) is 17.5 Å². The molecular weight excluding hydrogens is 341 g/mol. The number of benzene rings is 1. The van der Waals surface area contributed by atoms with Crippen LogP contribution >= 0.6 is 11.3 Å². The lowest BCUT2D eigenvalue weighted by Crippen LogP contribution is -2.82. The summed E-state index contributed by atoms with van der Waals surface area (Å²) in [5.74, 6) is 0.722. The molecule has 3 heterocycles. The molecule has 0 aliphatic carbocycles. The van der Waals surface area contributed by atoms with Crippen molar-refractivity contribution in [1.29, 1.82) is 0 Å². The number of aryl methyl sites for hydroxylation is 1. The minimum absolute atomic E-state index is 0.137. The van der Waals surface area contributed by atoms with Gasteiger partial charge in [-0.15, -0.1) is 11.3 Å². The molecule has 1 unspecified atom stereocenters. The number of halogens is 1. The number of rotatable bonds is 2. The van der Waals surface area contributed by atoms with E-state index in [2.05, 4.69) is 20.6 Å². The molecule has 0 fully saturated rings. The van der Waals surface area contributed by atoms with Crippen molar-refractivity contribution in [2.45, 2.75) is 13.1 Å². The normalized spacial score (nSPS) is 15.9. The van der Waals surface area contributed by atoms with Gasteiger partial charge in [0.25, 0.3) is 11.5 Å². The molecule has 4 rings (SSSR count). The standard InChI is InChI=1S/C17H14FN5OS/c1-10-9-14(24)23-15(13-3-2-8-25-13)21-16(22-17(23)19-10)20-12-6-4-11(18)5-7-12/h2-9,15H,1H3,(H2,19,20,21,22)/p+1. The highest BCUT2D eigenvalue weighted by molar-refractivity contribution is 7.10. The lowest BCUT2D eigenvalue weighted by molar-refractivity contribution is -0.519. The average Bonchev–Trinajstić information content (AvgIpc) is 3.10. The van der Waals surface area contributed by atoms with Gasteiger partial charge in [-0.25, -0.2) is 24.6 Å². The van der Waals surface area contributed by atoms with E-state index in [0.717, 1.165) is 4.88 Å². The maximum atomic E-state index is 13.1. The number of hydrogen-bond donors (Lipinski definition) is 3. The molecule has 6 nitrogen and oxygen atoms in total. The fourth-order valence-corrected chi connectivity index (χ4v) is 3.45. The van der Waals surface area contributed by atoms with Crippen LogP contribution in [0, 0.1) is 12.7 Å². The van der Waals surface area contributed by atoms with Crippen molar-refractivity contribution in [1.82, 2.24) is 9.55 Å². The van der Waals surface area contributed by atoms with Crippen molar-refractivity contribution >= 4 is 28.9 Å². The zero-order valence-electron chi connectivity index (χ0n) is 13.3. The van der Waals surface area contributed by atoms with Crippen molar-refractivity contribution < 1.29 is 9.38 Å². The third kappa shape index (κ3) is 3.03. The number of hydrogen-bond acceptors (Lipinski definition) is 5. The number of fused-ring (bicyclic) bond motifs is 1. The van der Waals surface area contributed by atoms with Crippen LogP contribution in [0.25, 0.3) is 0 Å². The predicted molar refractivity (Wildman–Crippen MR) is 95.3 cm³/mol. The Hall–Kier alpha value is -3.00. The van der Waals surface area contributed by atoms with Gasteiger partial charge in [0, 0.05) is 11.8 Å². The summed E-state index contributed by atoms with van der Waals surface area (Å²) in [5.41, 5.74) is 1.21. The summed E-state index contributed by atoms with van der Waals surface area (Å²) in [7, 11) is 0. The smallest absolute Gasteiger partial charge is 0.269 e. The topological polar surface area (TPSA) is 72.9 Å². The maximum Gasteiger partial charge on any atom is 0.357 e. The lowest BCUT2D eigenvalue weighted by atomic mass is 10.3. The van der Waals surface area contributed by atoms with Gasteiger partial charge in [-0.1, -0.05) is 6.07 Å². The van der Waals surface area contributed by atoms with Gasteiger partial charge in [0.1, 0.15) is 5.82 Å². The summed E-state index contributed by atoms with van der Waals surface area (Å²) in [4.78, 5) is 21.2. The van der Waals surface area contributed by atoms with Crippen LogP contribution in [0.15, 0.2) is 52.6 Å². The molecule has 3 N–H and O–H groups in total. The maximum absolute atomic E-state index is 13.1. The van der Waals surface area contributed by atoms with Gasteiger partial charge in [-0.3, -0.25) is 9.79 Å². The molecule has 0 saturated carbocycles. The molecule has 0 spiro atoms. The predicted octanol–water partition coefficient (Wildman–Crippen LogP) is 1.27. The van der Waals surface area contributed by atoms with Gasteiger partial charge < -0.3 is 0 Å². The molecule has 1 aliphatic rings. The Labute approximate surface area is 146 Å². The van der Waals surface area contributed by atoms with Crippen LogP contribution in [0.1, 0.15) is 16.7 Å². The first-order chi connectivity index (χ1) is 12.1. The largest absolute Gasteiger partial charge is 0.357 e. The summed E-state index contributed by atoms with van der Waals surface area (Å²) < 4.78 is 14.7. The van der Waals surface area contributed by atoms with Crippen molar-refractivity contribution in [3.63, 3.8) is 0 Å². The van der Waals surface area contributed by atoms with E-state index in [1.807, 2.05) is 17.5 Å². The summed E-state index contributed by atoms with van der Waals surface area (Å²) in [6.45, 7) is 1.78. The minimum Gasteiger partial charge on any atom is -0.269 e. The second kappa shape index (κ2) is 6.14. The van der Waals surface area contributed by atoms with E-state index in [0.29, 0.717) is 23.3 Å². The summed E-state index contributed by atoms with van der Waals surface area (Å²) in [6, 6.07) is 11.4. The molecule has 0 amide bonds. The van der Waals surface area contributed by atoms with Crippen LogP contribution < -0.4 is 21.2 Å². The fraction of sp³-hybridized carbons (Fsp3) is 0.118. The van der Waals surface area contributed by atoms with Crippen LogP contribution in [0.2, 0.25) is 0 Å². The van der Waals surface area contributed by atoms with E-state index in [1.165, 1.54) is 18.2 Å². The molecule has 25 heavy (non-hydrogen) atoms. The Bertz CT molecular complexity index is 995. The van der Waals surface area contributed by atoms with Gasteiger partial charge in [0.15, 0.2) is 6.17 Å². The SMILES string of the molecule is Cc1cc(=O)n2c(n1)NC(Nc1ccc(F)cc1)=[NH+]C2c1cccs1. The Kier molecular flexibility index (Phi) is 3.81. The second-order valence-corrected chi connectivity index (χ2v) is 6.60. The summed E-state index contributed by atoms with van der Waals surface area (Å²) >= 11 is 1.55. The third-order valence-electron chi connectivity index (χ3n) is 3.78. The molecular formula is C17H15FN5OS+. The van der Waals surface area contributed by atoms with Gasteiger partial charge in [0.2, 0.25) is 0 Å². The first kappa shape index (κ1) is 15.5. The van der Waals surface area contributed by atoms with Crippen LogP contribution in [0.5, 0.6) is 0 Å². The zero-order chi connectivity index (χ0) is 17.4. The average molecular weight is 356 g/mol. The number of guanidine groups is 1. The highest BCUT2D eigenvalue weighted by atomic mass is 32.1. The van der Waals surface area contributed by atoms with Gasteiger partial charge in [-0.2, -0.15) is 0 Å². The van der Waals surface area contributed by atoms with E-state index < -0.39 is 0 Å². The molecule has 3 aromatic rings. The Morgan fingerprint density at radius 1 is 1.32 bits per heavy atom. The quantitative estimate of drug-likeness (QED) is 0.647. The Morgan fingerprint density at radius 3 is 2.84 bits per heavy atom. The third-order valence-corrected chi connectivity index (χ3v) is 4.71. The Balaban J connectivity index is 1.76. The van der Waals surface area contributed by atoms with Gasteiger partial charge >= 0.3 is 5.96 Å². The number of nitrogens with one attached hydrogen (secondary N) is 3. The molecule has 1 atom stereocenters. The second-order valence-electron chi connectivity index (χ2n) is 5.62. The van der Waals surface area contributed by atoms with E-state index in [4.69, 9.17) is 0 Å². The Morgan fingerprint density at radius 2 is 2.12 bits per heavy atom. The first-order valence-electron chi connectivity index (χ1n) is 7.67. The van der Waals surface area contributed by atoms with Crippen molar-refractivity contribution in [3.05, 3.63) is 74.6 Å². The van der Waals surface area contributed by atoms with Crippen LogP contribution in [-0.2, 0) is 0 Å². The zero-order valence-corrected chi connectivity index (χ0v) is 14.1. The van der Waals surface area contributed by atoms with Crippen LogP contribution in [0.4, 0.5) is 16.0 Å². The molecule has 2 aromatic heterocycles. The van der Waals surface area contributed by atoms with Crippen molar-refractivity contribution in [2.24, 2.45) is 0 Å². The molecule has 0 radical (unpaired) electrons. The number of aromatic nitrogens is 2. The van der Waals surface area contributed by atoms with Gasteiger partial charge in [0.05, 0.1) is 10.6 Å². The number of anilines is 2. The fourth-order valence-electron chi connectivity index (χ4n) is 2.68. The molecule has 1 aliphatic heterocycles. The summed E-state index contributed by atoms with van der Waals surface area (Å²) in [6.07, 6.45) is -0.375. The number of thiophene rings is 1. The lowest BCUT2D eigenvalue weighted by Gasteiger charge is -2.22. The van der Waals surface area contributed by atoms with Crippen LogP contribution in [0.3, 0.4) is 0 Å². The van der Waals surface area contributed by atoms with E-state index >= 15 is 0 Å². The monoisotopic (exact) mass is 356 g/mol. The molecule has 0 bridgehead atoms. The number of nitrogens with zero attached hydrogens (tertiary/aromatic N) is 2. The highest BCUT2D eigenvalue weighted by Crippen LogP contribution is 2.20. The van der Waals surface area contributed by atoms with Gasteiger partial charge in [-0.05, 0) is 42.6 Å². The van der Waals surface area contributed by atoms with E-state index in [1.54, 1.807) is 35.0 Å². The first-order valence-corrected chi connectivity index (χ1v) is 8.55. The minimum atomic E-state index is -0.375. The van der Waals surface area contributed by atoms with Crippen molar-refractivity contribution in [2.75, 3.05) is 10.6 Å². The molecule has 1 aromatic carbocycles. The van der Waals surface area contributed by atoms with Crippen LogP contribution in [-0.4, -0.2) is 15.5 Å². The summed E-state index contributed by atoms with van der Waals surface area (Å²) in [5, 5.41) is 8.20.